The second-order valence-corrected chi connectivity index (χ2v) is 9.64. The van der Waals surface area contributed by atoms with Gasteiger partial charge in [0, 0.05) is 38.3 Å². The lowest BCUT2D eigenvalue weighted by molar-refractivity contribution is -0.143. The molecule has 2 aliphatic rings. The molecule has 10 heteroatoms. The number of hydrogen-bond donors (Lipinski definition) is 2. The standard InChI is InChI=1S/C27H32F3N5O2/c1-18-3-5-23(33-26(36)35-8-7-20(17-35)16-27(28,29)30)15-24(18)21-13-22(6-4-19(2)31)32-25(14-21)34-9-11-37-12-10-34/h3,5,13-15,19-20H,7-12,16-17,31H2,1-2H3,(H,33,36)/t19?,20-/m0/s1. The van der Waals surface area contributed by atoms with Gasteiger partial charge < -0.3 is 25.6 Å². The molecule has 2 aliphatic heterocycles. The van der Waals surface area contributed by atoms with Crippen molar-refractivity contribution < 1.29 is 22.7 Å². The van der Waals surface area contributed by atoms with E-state index in [0.29, 0.717) is 37.6 Å². The van der Waals surface area contributed by atoms with Crippen LogP contribution in [0.2, 0.25) is 0 Å². The van der Waals surface area contributed by atoms with E-state index in [1.807, 2.05) is 38.1 Å². The Morgan fingerprint density at radius 3 is 2.70 bits per heavy atom. The molecular weight excluding hydrogens is 483 g/mol. The molecule has 2 amide bonds. The van der Waals surface area contributed by atoms with Gasteiger partial charge in [0.25, 0.3) is 0 Å². The number of benzene rings is 1. The largest absolute Gasteiger partial charge is 0.389 e. The molecule has 1 unspecified atom stereocenters. The average Bonchev–Trinajstić information content (AvgIpc) is 3.31. The number of aromatic nitrogens is 1. The molecule has 0 spiro atoms. The summed E-state index contributed by atoms with van der Waals surface area (Å²) >= 11 is 0. The molecule has 0 bridgehead atoms. The van der Waals surface area contributed by atoms with Crippen LogP contribution in [0.15, 0.2) is 30.3 Å². The quantitative estimate of drug-likeness (QED) is 0.590. The number of hydrogen-bond acceptors (Lipinski definition) is 5. The van der Waals surface area contributed by atoms with Crippen LogP contribution in [0.25, 0.3) is 11.1 Å². The second-order valence-electron chi connectivity index (χ2n) is 9.64. The minimum Gasteiger partial charge on any atom is -0.378 e. The number of morpholine rings is 1. The molecule has 7 nitrogen and oxygen atoms in total. The van der Waals surface area contributed by atoms with E-state index in [2.05, 4.69) is 22.1 Å². The maximum absolute atomic E-state index is 12.8. The molecule has 3 heterocycles. The Hall–Kier alpha value is -3.29. The Morgan fingerprint density at radius 1 is 1.24 bits per heavy atom. The fourth-order valence-electron chi connectivity index (χ4n) is 4.60. The van der Waals surface area contributed by atoms with Gasteiger partial charge in [-0.2, -0.15) is 13.2 Å². The molecule has 4 rings (SSSR count). The summed E-state index contributed by atoms with van der Waals surface area (Å²) in [6, 6.07) is 8.78. The number of nitrogens with one attached hydrogen (secondary N) is 1. The van der Waals surface area contributed by atoms with Crippen molar-refractivity contribution in [1.29, 1.82) is 0 Å². The van der Waals surface area contributed by atoms with Crippen molar-refractivity contribution >= 4 is 17.5 Å². The van der Waals surface area contributed by atoms with Crippen LogP contribution in [0.1, 0.15) is 31.0 Å². The van der Waals surface area contributed by atoms with Crippen molar-refractivity contribution in [3.05, 3.63) is 41.6 Å². The third-order valence-corrected chi connectivity index (χ3v) is 6.47. The molecule has 0 aliphatic carbocycles. The summed E-state index contributed by atoms with van der Waals surface area (Å²) in [6.07, 6.45) is -4.75. The summed E-state index contributed by atoms with van der Waals surface area (Å²) in [5.41, 5.74) is 9.77. The average molecular weight is 516 g/mol. The van der Waals surface area contributed by atoms with Crippen LogP contribution in [-0.4, -0.2) is 67.5 Å². The summed E-state index contributed by atoms with van der Waals surface area (Å²) < 4.78 is 43.7. The molecule has 2 atom stereocenters. The second kappa shape index (κ2) is 11.4. The lowest BCUT2D eigenvalue weighted by Crippen LogP contribution is -2.36. The number of rotatable bonds is 4. The number of urea groups is 1. The topological polar surface area (TPSA) is 83.7 Å². The Kier molecular flexibility index (Phi) is 8.25. The van der Waals surface area contributed by atoms with Crippen LogP contribution in [0.4, 0.5) is 29.5 Å². The predicted octanol–water partition coefficient (Wildman–Crippen LogP) is 4.40. The number of alkyl halides is 3. The zero-order chi connectivity index (χ0) is 26.6. The highest BCUT2D eigenvalue weighted by atomic mass is 19.4. The van der Waals surface area contributed by atoms with Gasteiger partial charge in [-0.3, -0.25) is 0 Å². The van der Waals surface area contributed by atoms with Crippen molar-refractivity contribution in [3.63, 3.8) is 0 Å². The van der Waals surface area contributed by atoms with E-state index in [1.165, 1.54) is 4.90 Å². The van der Waals surface area contributed by atoms with E-state index < -0.39 is 24.5 Å². The van der Waals surface area contributed by atoms with Crippen LogP contribution in [0.5, 0.6) is 0 Å². The van der Waals surface area contributed by atoms with Crippen LogP contribution < -0.4 is 16.0 Å². The minimum atomic E-state index is -4.22. The molecule has 2 aromatic rings. The summed E-state index contributed by atoms with van der Waals surface area (Å²) in [6.45, 7) is 6.86. The summed E-state index contributed by atoms with van der Waals surface area (Å²) in [5.74, 6) is 6.24. The highest BCUT2D eigenvalue weighted by Gasteiger charge is 2.36. The summed E-state index contributed by atoms with van der Waals surface area (Å²) in [5, 5.41) is 2.86. The Morgan fingerprint density at radius 2 is 2.00 bits per heavy atom. The van der Waals surface area contributed by atoms with Crippen molar-refractivity contribution in [2.45, 2.75) is 38.9 Å². The SMILES string of the molecule is Cc1ccc(NC(=O)N2CC[C@@H](CC(F)(F)F)C2)cc1-c1cc(C#CC(C)N)nc(N2CCOCC2)c1. The maximum Gasteiger partial charge on any atom is 0.389 e. The van der Waals surface area contributed by atoms with Crippen LogP contribution in [-0.2, 0) is 4.74 Å². The van der Waals surface area contributed by atoms with Crippen molar-refractivity contribution in [2.24, 2.45) is 11.7 Å². The first-order valence-electron chi connectivity index (χ1n) is 12.4. The number of aryl methyl sites for hydroxylation is 1. The van der Waals surface area contributed by atoms with E-state index in [4.69, 9.17) is 15.5 Å². The van der Waals surface area contributed by atoms with Gasteiger partial charge in [-0.15, -0.1) is 0 Å². The number of nitrogens with zero attached hydrogens (tertiary/aromatic N) is 3. The highest BCUT2D eigenvalue weighted by molar-refractivity contribution is 5.90. The molecule has 198 valence electrons. The number of halogens is 3. The Labute approximate surface area is 215 Å². The van der Waals surface area contributed by atoms with E-state index in [9.17, 15) is 18.0 Å². The fourth-order valence-corrected chi connectivity index (χ4v) is 4.60. The molecular formula is C27H32F3N5O2. The van der Waals surface area contributed by atoms with Gasteiger partial charge in [-0.1, -0.05) is 12.0 Å². The first kappa shape index (κ1) is 26.8. The third kappa shape index (κ3) is 7.37. The van der Waals surface area contributed by atoms with E-state index in [0.717, 1.165) is 35.6 Å². The van der Waals surface area contributed by atoms with Crippen molar-refractivity contribution in [1.82, 2.24) is 9.88 Å². The number of carbonyl (C=O) groups is 1. The zero-order valence-electron chi connectivity index (χ0n) is 21.1. The first-order chi connectivity index (χ1) is 17.6. The number of amides is 2. The lowest BCUT2D eigenvalue weighted by Gasteiger charge is -2.28. The van der Waals surface area contributed by atoms with Gasteiger partial charge in [0.15, 0.2) is 0 Å². The number of ether oxygens (including phenoxy) is 1. The van der Waals surface area contributed by atoms with Crippen LogP contribution in [0.3, 0.4) is 0 Å². The molecule has 0 saturated carbocycles. The number of likely N-dealkylation sites (tertiary alicyclic amines) is 1. The van der Waals surface area contributed by atoms with Gasteiger partial charge in [0.05, 0.1) is 19.3 Å². The van der Waals surface area contributed by atoms with Crippen molar-refractivity contribution in [3.8, 4) is 23.0 Å². The summed E-state index contributed by atoms with van der Waals surface area (Å²) in [7, 11) is 0. The molecule has 2 fully saturated rings. The molecule has 0 radical (unpaired) electrons. The predicted molar refractivity (Wildman–Crippen MR) is 137 cm³/mol. The Bertz CT molecular complexity index is 1180. The van der Waals surface area contributed by atoms with Gasteiger partial charge in [0.2, 0.25) is 0 Å². The smallest absolute Gasteiger partial charge is 0.378 e. The van der Waals surface area contributed by atoms with E-state index >= 15 is 0 Å². The lowest BCUT2D eigenvalue weighted by atomic mass is 9.99. The minimum absolute atomic E-state index is 0.0962. The van der Waals surface area contributed by atoms with Gasteiger partial charge in [-0.05, 0) is 73.1 Å². The van der Waals surface area contributed by atoms with Crippen LogP contribution in [0, 0.1) is 24.7 Å². The highest BCUT2D eigenvalue weighted by Crippen LogP contribution is 2.32. The monoisotopic (exact) mass is 515 g/mol. The van der Waals surface area contributed by atoms with Gasteiger partial charge in [0.1, 0.15) is 11.5 Å². The normalized spacial score (nSPS) is 18.8. The van der Waals surface area contributed by atoms with Crippen LogP contribution >= 0.6 is 0 Å². The van der Waals surface area contributed by atoms with Crippen molar-refractivity contribution in [2.75, 3.05) is 49.6 Å². The number of carbonyl (C=O) groups excluding carboxylic acids is 1. The number of nitrogens with two attached hydrogens (primary N) is 1. The summed E-state index contributed by atoms with van der Waals surface area (Å²) in [4.78, 5) is 21.1. The molecule has 1 aromatic carbocycles. The third-order valence-electron chi connectivity index (χ3n) is 6.47. The fraction of sp³-hybridized carbons (Fsp3) is 0.481. The molecule has 2 saturated heterocycles. The Balaban J connectivity index is 1.57. The van der Waals surface area contributed by atoms with E-state index in [1.54, 1.807) is 6.07 Å². The molecule has 37 heavy (non-hydrogen) atoms. The van der Waals surface area contributed by atoms with Gasteiger partial charge in [-0.25, -0.2) is 9.78 Å². The molecule has 3 N–H and O–H groups in total. The molecule has 1 aromatic heterocycles. The van der Waals surface area contributed by atoms with Gasteiger partial charge >= 0.3 is 12.2 Å². The first-order valence-corrected chi connectivity index (χ1v) is 12.4. The number of pyridine rings is 1. The van der Waals surface area contributed by atoms with E-state index in [-0.39, 0.29) is 12.6 Å². The zero-order valence-corrected chi connectivity index (χ0v) is 21.1. The maximum atomic E-state index is 12.8. The number of anilines is 2.